The molecule has 5 aromatic rings. The van der Waals surface area contributed by atoms with Gasteiger partial charge in [-0.3, -0.25) is 9.13 Å². The Morgan fingerprint density at radius 2 is 1.09 bits per heavy atom. The highest BCUT2D eigenvalue weighted by Crippen LogP contribution is 2.24. The standard InChI is InChI=1S/C18H12N4O/c1-3-7-15-13(5-1)19-11-21(15)17-9-10-18(23-17)22-12-20-14-6-2-4-8-16(14)22/h1-12H. The average molecular weight is 300 g/mol. The first-order valence-electron chi connectivity index (χ1n) is 7.35. The van der Waals surface area contributed by atoms with Gasteiger partial charge in [-0.15, -0.1) is 0 Å². The summed E-state index contributed by atoms with van der Waals surface area (Å²) in [6.45, 7) is 0. The predicted molar refractivity (Wildman–Crippen MR) is 88.0 cm³/mol. The SMILES string of the molecule is c1ccc2c(c1)ncn2-c1ccc(-n2cnc3ccccc32)o1. The maximum Gasteiger partial charge on any atom is 0.208 e. The largest absolute Gasteiger partial charge is 0.423 e. The molecule has 0 aliphatic heterocycles. The molecule has 0 saturated carbocycles. The lowest BCUT2D eigenvalue weighted by Gasteiger charge is -2.01. The highest BCUT2D eigenvalue weighted by atomic mass is 16.4. The van der Waals surface area contributed by atoms with Gasteiger partial charge in [-0.25, -0.2) is 9.97 Å². The molecule has 0 fully saturated rings. The summed E-state index contributed by atoms with van der Waals surface area (Å²) < 4.78 is 9.92. The summed E-state index contributed by atoms with van der Waals surface area (Å²) in [5.41, 5.74) is 3.92. The van der Waals surface area contributed by atoms with Gasteiger partial charge in [0.1, 0.15) is 12.7 Å². The Morgan fingerprint density at radius 3 is 1.61 bits per heavy atom. The number of hydrogen-bond donors (Lipinski definition) is 0. The van der Waals surface area contributed by atoms with Gasteiger partial charge in [0.25, 0.3) is 0 Å². The van der Waals surface area contributed by atoms with Crippen molar-refractivity contribution in [3.05, 3.63) is 73.3 Å². The van der Waals surface area contributed by atoms with Crippen molar-refractivity contribution in [3.63, 3.8) is 0 Å². The molecule has 3 aromatic heterocycles. The Balaban J connectivity index is 1.66. The number of para-hydroxylation sites is 4. The minimum Gasteiger partial charge on any atom is -0.423 e. The van der Waals surface area contributed by atoms with Crippen LogP contribution in [0.15, 0.2) is 77.7 Å². The Labute approximate surface area is 131 Å². The normalized spacial score (nSPS) is 11.5. The van der Waals surface area contributed by atoms with Crippen LogP contribution < -0.4 is 0 Å². The number of rotatable bonds is 2. The summed E-state index contributed by atoms with van der Waals surface area (Å²) in [5, 5.41) is 0. The van der Waals surface area contributed by atoms with Gasteiger partial charge in [0.15, 0.2) is 0 Å². The minimum absolute atomic E-state index is 0.728. The van der Waals surface area contributed by atoms with Crippen molar-refractivity contribution in [3.8, 4) is 11.8 Å². The highest BCUT2D eigenvalue weighted by Gasteiger charge is 2.11. The summed E-state index contributed by atoms with van der Waals surface area (Å²) in [4.78, 5) is 8.80. The lowest BCUT2D eigenvalue weighted by atomic mass is 10.3. The third-order valence-electron chi connectivity index (χ3n) is 3.96. The fraction of sp³-hybridized carbons (Fsp3) is 0. The van der Waals surface area contributed by atoms with Crippen molar-refractivity contribution in [1.82, 2.24) is 19.1 Å². The van der Waals surface area contributed by atoms with Gasteiger partial charge in [0.05, 0.1) is 22.1 Å². The maximum absolute atomic E-state index is 6.03. The van der Waals surface area contributed by atoms with Crippen LogP contribution in [0.1, 0.15) is 0 Å². The second-order valence-electron chi connectivity index (χ2n) is 5.32. The van der Waals surface area contributed by atoms with Crippen molar-refractivity contribution < 1.29 is 4.42 Å². The average Bonchev–Trinajstić information content (AvgIpc) is 3.31. The molecule has 5 rings (SSSR count). The first-order chi connectivity index (χ1) is 11.4. The van der Waals surface area contributed by atoms with Crippen molar-refractivity contribution in [2.75, 3.05) is 0 Å². The minimum atomic E-state index is 0.728. The summed E-state index contributed by atoms with van der Waals surface area (Å²) in [6, 6.07) is 19.8. The number of hydrogen-bond acceptors (Lipinski definition) is 3. The number of fused-ring (bicyclic) bond motifs is 2. The van der Waals surface area contributed by atoms with Crippen LogP contribution in [0.4, 0.5) is 0 Å². The number of imidazole rings is 2. The van der Waals surface area contributed by atoms with E-state index in [1.54, 1.807) is 12.7 Å². The van der Waals surface area contributed by atoms with Crippen LogP contribution in [0.2, 0.25) is 0 Å². The first kappa shape index (κ1) is 12.2. The molecule has 0 atom stereocenters. The molecular weight excluding hydrogens is 288 g/mol. The number of nitrogens with zero attached hydrogens (tertiary/aromatic N) is 4. The Morgan fingerprint density at radius 1 is 0.609 bits per heavy atom. The van der Waals surface area contributed by atoms with Crippen molar-refractivity contribution >= 4 is 22.1 Å². The van der Waals surface area contributed by atoms with Gasteiger partial charge in [-0.05, 0) is 24.3 Å². The van der Waals surface area contributed by atoms with E-state index >= 15 is 0 Å². The Kier molecular flexibility index (Phi) is 2.43. The predicted octanol–water partition coefficient (Wildman–Crippen LogP) is 3.96. The maximum atomic E-state index is 6.03. The van der Waals surface area contributed by atoms with Gasteiger partial charge in [-0.2, -0.15) is 0 Å². The van der Waals surface area contributed by atoms with E-state index in [9.17, 15) is 0 Å². The highest BCUT2D eigenvalue weighted by molar-refractivity contribution is 5.77. The van der Waals surface area contributed by atoms with Crippen LogP contribution >= 0.6 is 0 Å². The van der Waals surface area contributed by atoms with E-state index in [2.05, 4.69) is 9.97 Å². The third-order valence-corrected chi connectivity index (χ3v) is 3.96. The number of furan rings is 1. The second-order valence-corrected chi connectivity index (χ2v) is 5.32. The zero-order valence-electron chi connectivity index (χ0n) is 12.1. The van der Waals surface area contributed by atoms with E-state index < -0.39 is 0 Å². The zero-order valence-corrected chi connectivity index (χ0v) is 12.1. The van der Waals surface area contributed by atoms with Gasteiger partial charge >= 0.3 is 0 Å². The van der Waals surface area contributed by atoms with Crippen LogP contribution in [-0.2, 0) is 0 Å². The molecule has 110 valence electrons. The van der Waals surface area contributed by atoms with Crippen LogP contribution in [0.25, 0.3) is 33.8 Å². The van der Waals surface area contributed by atoms with Gasteiger partial charge in [-0.1, -0.05) is 24.3 Å². The van der Waals surface area contributed by atoms with E-state index in [1.165, 1.54) is 0 Å². The number of aromatic nitrogens is 4. The molecule has 0 unspecified atom stereocenters. The van der Waals surface area contributed by atoms with Crippen LogP contribution in [-0.4, -0.2) is 19.1 Å². The van der Waals surface area contributed by atoms with Crippen LogP contribution in [0.5, 0.6) is 0 Å². The quantitative estimate of drug-likeness (QED) is 0.496. The van der Waals surface area contributed by atoms with Gasteiger partial charge in [0, 0.05) is 12.1 Å². The van der Waals surface area contributed by atoms with E-state index in [1.807, 2.05) is 69.8 Å². The van der Waals surface area contributed by atoms with E-state index in [0.717, 1.165) is 33.8 Å². The Bertz CT molecular complexity index is 1040. The molecule has 0 radical (unpaired) electrons. The molecular formula is C18H12N4O. The van der Waals surface area contributed by atoms with Crippen molar-refractivity contribution in [2.24, 2.45) is 0 Å². The van der Waals surface area contributed by atoms with Crippen molar-refractivity contribution in [1.29, 1.82) is 0 Å². The van der Waals surface area contributed by atoms with E-state index in [4.69, 9.17) is 4.42 Å². The van der Waals surface area contributed by atoms with E-state index in [0.29, 0.717) is 0 Å². The molecule has 0 aliphatic carbocycles. The molecule has 2 aromatic carbocycles. The summed E-state index contributed by atoms with van der Waals surface area (Å²) in [6.07, 6.45) is 3.55. The van der Waals surface area contributed by atoms with Crippen LogP contribution in [0, 0.1) is 0 Å². The molecule has 3 heterocycles. The fourth-order valence-electron chi connectivity index (χ4n) is 2.85. The van der Waals surface area contributed by atoms with Crippen LogP contribution in [0.3, 0.4) is 0 Å². The monoisotopic (exact) mass is 300 g/mol. The van der Waals surface area contributed by atoms with Crippen molar-refractivity contribution in [2.45, 2.75) is 0 Å². The lowest BCUT2D eigenvalue weighted by Crippen LogP contribution is -1.90. The molecule has 5 nitrogen and oxygen atoms in total. The second kappa shape index (κ2) is 4.58. The molecule has 0 bridgehead atoms. The summed E-state index contributed by atoms with van der Waals surface area (Å²) >= 11 is 0. The first-order valence-corrected chi connectivity index (χ1v) is 7.35. The summed E-state index contributed by atoms with van der Waals surface area (Å²) in [5.74, 6) is 1.46. The molecule has 0 saturated heterocycles. The topological polar surface area (TPSA) is 48.8 Å². The zero-order chi connectivity index (χ0) is 15.2. The molecule has 0 spiro atoms. The lowest BCUT2D eigenvalue weighted by molar-refractivity contribution is 0.521. The molecule has 0 aliphatic rings. The number of benzene rings is 2. The smallest absolute Gasteiger partial charge is 0.208 e. The fourth-order valence-corrected chi connectivity index (χ4v) is 2.85. The van der Waals surface area contributed by atoms with Gasteiger partial charge < -0.3 is 4.42 Å². The van der Waals surface area contributed by atoms with E-state index in [-0.39, 0.29) is 0 Å². The Hall–Kier alpha value is -3.34. The van der Waals surface area contributed by atoms with Gasteiger partial charge in [0.2, 0.25) is 11.8 Å². The molecule has 0 amide bonds. The third kappa shape index (κ3) is 1.80. The molecule has 23 heavy (non-hydrogen) atoms. The summed E-state index contributed by atoms with van der Waals surface area (Å²) in [7, 11) is 0. The molecule has 5 heteroatoms. The molecule has 0 N–H and O–H groups in total.